The maximum atomic E-state index is 13.9. The number of anilines is 1. The lowest BCUT2D eigenvalue weighted by Crippen LogP contribution is -2.12. The first kappa shape index (κ1) is 21.0. The minimum absolute atomic E-state index is 0.0647. The summed E-state index contributed by atoms with van der Waals surface area (Å²) in [7, 11) is 1.79. The van der Waals surface area contributed by atoms with Gasteiger partial charge in [-0.1, -0.05) is 12.1 Å². The van der Waals surface area contributed by atoms with Crippen molar-refractivity contribution in [3.05, 3.63) is 95.6 Å². The van der Waals surface area contributed by atoms with Crippen molar-refractivity contribution >= 4 is 23.1 Å². The van der Waals surface area contributed by atoms with Crippen LogP contribution in [0.2, 0.25) is 0 Å². The van der Waals surface area contributed by atoms with Crippen LogP contribution in [0.1, 0.15) is 10.4 Å². The van der Waals surface area contributed by atoms with Gasteiger partial charge in [0.1, 0.15) is 17.3 Å². The van der Waals surface area contributed by atoms with Gasteiger partial charge in [0.2, 0.25) is 5.69 Å². The summed E-state index contributed by atoms with van der Waals surface area (Å²) in [5, 5.41) is 11.7. The van der Waals surface area contributed by atoms with E-state index in [0.717, 1.165) is 17.2 Å². The molecule has 0 radical (unpaired) electrons. The lowest BCUT2D eigenvalue weighted by Gasteiger charge is -2.03. The number of aromatic nitrogens is 5. The second-order valence-corrected chi connectivity index (χ2v) is 7.45. The van der Waals surface area contributed by atoms with Crippen molar-refractivity contribution in [2.45, 2.75) is 0 Å². The lowest BCUT2D eigenvalue weighted by atomic mass is 10.1. The van der Waals surface area contributed by atoms with E-state index in [2.05, 4.69) is 25.3 Å². The predicted molar refractivity (Wildman–Crippen MR) is 121 cm³/mol. The number of benzene rings is 2. The molecule has 3 aromatic heterocycles. The molecule has 0 bridgehead atoms. The molecule has 5 aromatic rings. The van der Waals surface area contributed by atoms with E-state index in [1.54, 1.807) is 36.0 Å². The van der Waals surface area contributed by atoms with Gasteiger partial charge in [0.15, 0.2) is 11.5 Å². The normalized spacial score (nSPS) is 10.9. The first-order valence-corrected chi connectivity index (χ1v) is 10.1. The standard InChI is InChI=1S/C24H15F2N7O/c1-27-20-8-5-15(11-18(20)26)24(34)29-21-13-33-22(28-21)10-9-19(30-33)17-12-32(2)31-23(17)14-3-6-16(25)7-4-14/h3-13H,2H3,(H,29,34). The summed E-state index contributed by atoms with van der Waals surface area (Å²) < 4.78 is 30.4. The van der Waals surface area contributed by atoms with Crippen LogP contribution < -0.4 is 5.32 Å². The average molecular weight is 455 g/mol. The highest BCUT2D eigenvalue weighted by atomic mass is 19.1. The summed E-state index contributed by atoms with van der Waals surface area (Å²) in [5.74, 6) is -1.43. The molecule has 0 atom stereocenters. The third-order valence-corrected chi connectivity index (χ3v) is 5.11. The minimum Gasteiger partial charge on any atom is -0.305 e. The first-order valence-electron chi connectivity index (χ1n) is 10.1. The Hall–Kier alpha value is -4.91. The summed E-state index contributed by atoms with van der Waals surface area (Å²) >= 11 is 0. The van der Waals surface area contributed by atoms with Crippen LogP contribution in [0.5, 0.6) is 0 Å². The van der Waals surface area contributed by atoms with Crippen LogP contribution in [0.25, 0.3) is 33.0 Å². The van der Waals surface area contributed by atoms with E-state index in [1.165, 1.54) is 35.0 Å². The largest absolute Gasteiger partial charge is 0.305 e. The number of imidazole rings is 1. The molecule has 1 N–H and O–H groups in total. The molecule has 0 saturated heterocycles. The Bertz CT molecular complexity index is 1600. The fourth-order valence-corrected chi connectivity index (χ4v) is 3.51. The van der Waals surface area contributed by atoms with E-state index in [4.69, 9.17) is 6.57 Å². The van der Waals surface area contributed by atoms with Gasteiger partial charge in [-0.2, -0.15) is 10.2 Å². The van der Waals surface area contributed by atoms with Gasteiger partial charge in [-0.05, 0) is 42.5 Å². The molecule has 0 unspecified atom stereocenters. The molecular weight excluding hydrogens is 440 g/mol. The molecule has 2 aromatic carbocycles. The lowest BCUT2D eigenvalue weighted by molar-refractivity contribution is 0.102. The number of nitrogens with zero attached hydrogens (tertiary/aromatic N) is 6. The quantitative estimate of drug-likeness (QED) is 0.392. The molecule has 5 rings (SSSR count). The molecule has 34 heavy (non-hydrogen) atoms. The SMILES string of the molecule is [C-]#[N+]c1ccc(C(=O)Nc2cn3nc(-c4cn(C)nc4-c4ccc(F)cc4)ccc3n2)cc1F. The van der Waals surface area contributed by atoms with Crippen LogP contribution in [0.15, 0.2) is 67.0 Å². The van der Waals surface area contributed by atoms with Crippen LogP contribution in [0.3, 0.4) is 0 Å². The zero-order chi connectivity index (χ0) is 23.8. The topological polar surface area (TPSA) is 81.5 Å². The number of hydrogen-bond acceptors (Lipinski definition) is 4. The Balaban J connectivity index is 1.45. The number of rotatable bonds is 4. The zero-order valence-corrected chi connectivity index (χ0v) is 17.7. The number of carbonyl (C=O) groups excluding carboxylic acids is 1. The monoisotopic (exact) mass is 455 g/mol. The Kier molecular flexibility index (Phi) is 5.07. The molecule has 166 valence electrons. The Labute approximate surface area is 191 Å². The summed E-state index contributed by atoms with van der Waals surface area (Å²) in [4.78, 5) is 19.9. The Morgan fingerprint density at radius 3 is 2.56 bits per heavy atom. The molecule has 0 saturated carbocycles. The third kappa shape index (κ3) is 3.86. The molecule has 0 aliphatic heterocycles. The zero-order valence-electron chi connectivity index (χ0n) is 17.7. The number of fused-ring (bicyclic) bond motifs is 1. The second kappa shape index (κ2) is 8.22. The average Bonchev–Trinajstić information content (AvgIpc) is 3.41. The second-order valence-electron chi connectivity index (χ2n) is 7.45. The van der Waals surface area contributed by atoms with Gasteiger partial charge < -0.3 is 5.32 Å². The van der Waals surface area contributed by atoms with Gasteiger partial charge in [-0.15, -0.1) is 0 Å². The van der Waals surface area contributed by atoms with E-state index < -0.39 is 11.7 Å². The van der Waals surface area contributed by atoms with Gasteiger partial charge in [-0.3, -0.25) is 9.48 Å². The van der Waals surface area contributed by atoms with Crippen molar-refractivity contribution in [1.29, 1.82) is 0 Å². The smallest absolute Gasteiger partial charge is 0.256 e. The molecule has 8 nitrogen and oxygen atoms in total. The number of nitrogens with one attached hydrogen (secondary N) is 1. The highest BCUT2D eigenvalue weighted by molar-refractivity contribution is 6.04. The maximum absolute atomic E-state index is 13.9. The summed E-state index contributed by atoms with van der Waals surface area (Å²) in [5.41, 5.74) is 3.13. The molecule has 3 heterocycles. The molecule has 0 aliphatic carbocycles. The molecule has 0 spiro atoms. The van der Waals surface area contributed by atoms with Crippen LogP contribution in [0, 0.1) is 18.2 Å². The van der Waals surface area contributed by atoms with Crippen LogP contribution in [-0.2, 0) is 7.05 Å². The van der Waals surface area contributed by atoms with E-state index in [-0.39, 0.29) is 22.9 Å². The summed E-state index contributed by atoms with van der Waals surface area (Å²) in [6, 6.07) is 13.2. The number of halogens is 2. The van der Waals surface area contributed by atoms with E-state index in [1.807, 2.05) is 6.20 Å². The van der Waals surface area contributed by atoms with Gasteiger partial charge >= 0.3 is 0 Å². The summed E-state index contributed by atoms with van der Waals surface area (Å²) in [6.45, 7) is 6.90. The van der Waals surface area contributed by atoms with Crippen molar-refractivity contribution in [2.75, 3.05) is 5.32 Å². The predicted octanol–water partition coefficient (Wildman–Crippen LogP) is 4.88. The van der Waals surface area contributed by atoms with E-state index in [9.17, 15) is 13.6 Å². The molecule has 0 fully saturated rings. The molecule has 10 heteroatoms. The highest BCUT2D eigenvalue weighted by Gasteiger charge is 2.16. The van der Waals surface area contributed by atoms with Crippen LogP contribution in [-0.4, -0.2) is 30.3 Å². The number of amides is 1. The highest BCUT2D eigenvalue weighted by Crippen LogP contribution is 2.30. The van der Waals surface area contributed by atoms with E-state index in [0.29, 0.717) is 17.0 Å². The number of carbonyl (C=O) groups is 1. The Morgan fingerprint density at radius 2 is 1.82 bits per heavy atom. The molecule has 1 amide bonds. The van der Waals surface area contributed by atoms with Crippen molar-refractivity contribution in [2.24, 2.45) is 7.05 Å². The Morgan fingerprint density at radius 1 is 1.03 bits per heavy atom. The van der Waals surface area contributed by atoms with Crippen molar-refractivity contribution in [3.63, 3.8) is 0 Å². The van der Waals surface area contributed by atoms with Crippen molar-refractivity contribution in [3.8, 4) is 22.5 Å². The molecular formula is C24H15F2N7O. The van der Waals surface area contributed by atoms with E-state index >= 15 is 0 Å². The van der Waals surface area contributed by atoms with Gasteiger partial charge in [0.05, 0.1) is 18.5 Å². The minimum atomic E-state index is -0.766. The molecule has 0 aliphatic rings. The fourth-order valence-electron chi connectivity index (χ4n) is 3.51. The maximum Gasteiger partial charge on any atom is 0.256 e. The number of hydrogen-bond donors (Lipinski definition) is 1. The third-order valence-electron chi connectivity index (χ3n) is 5.11. The van der Waals surface area contributed by atoms with Gasteiger partial charge in [0, 0.05) is 29.9 Å². The van der Waals surface area contributed by atoms with Crippen LogP contribution in [0.4, 0.5) is 20.3 Å². The first-order chi connectivity index (χ1) is 16.4. The van der Waals surface area contributed by atoms with Gasteiger partial charge in [-0.25, -0.2) is 23.1 Å². The number of aryl methyl sites for hydroxylation is 1. The summed E-state index contributed by atoms with van der Waals surface area (Å²) in [6.07, 6.45) is 3.35. The van der Waals surface area contributed by atoms with Crippen molar-refractivity contribution in [1.82, 2.24) is 24.4 Å². The van der Waals surface area contributed by atoms with Gasteiger partial charge in [0.25, 0.3) is 5.91 Å². The van der Waals surface area contributed by atoms with Crippen molar-refractivity contribution < 1.29 is 13.6 Å². The fraction of sp³-hybridized carbons (Fsp3) is 0.0417. The van der Waals surface area contributed by atoms with Crippen LogP contribution >= 0.6 is 0 Å².